The second kappa shape index (κ2) is 9.48. The zero-order valence-corrected chi connectivity index (χ0v) is 19.4. The van der Waals surface area contributed by atoms with E-state index in [0.717, 1.165) is 29.7 Å². The second-order valence-electron chi connectivity index (χ2n) is 9.13. The summed E-state index contributed by atoms with van der Waals surface area (Å²) in [6.07, 6.45) is 5.83. The number of aromatic nitrogens is 4. The highest BCUT2D eigenvalue weighted by atomic mass is 19.1. The van der Waals surface area contributed by atoms with Crippen LogP contribution in [-0.2, 0) is 6.61 Å². The number of nitrogens with zero attached hydrogens (tertiary/aromatic N) is 5. The zero-order valence-electron chi connectivity index (χ0n) is 19.4. The standard InChI is InChI=1S/C26H29FN6O/c1-17(18-7-10-32(2)11-8-18)23-5-3-19-15-28-26(14-25(19)29-23)30-24-6-4-21(13-22(24)27)33-12-9-20(16-34)31-33/h3-6,9,12-15,17-18,34H,7-8,10-11,16H2,1-2H3,(H,28,30)/t17-/m1/s1. The fourth-order valence-electron chi connectivity index (χ4n) is 4.60. The molecule has 34 heavy (non-hydrogen) atoms. The molecule has 0 radical (unpaired) electrons. The van der Waals surface area contributed by atoms with Crippen LogP contribution in [0.5, 0.6) is 0 Å². The number of aliphatic hydroxyl groups excluding tert-OH is 1. The molecule has 1 fully saturated rings. The number of hydrogen-bond acceptors (Lipinski definition) is 6. The van der Waals surface area contributed by atoms with Crippen LogP contribution < -0.4 is 5.32 Å². The molecule has 0 spiro atoms. The molecule has 5 rings (SSSR count). The first kappa shape index (κ1) is 22.4. The van der Waals surface area contributed by atoms with E-state index in [4.69, 9.17) is 4.98 Å². The number of aliphatic hydroxyl groups is 1. The van der Waals surface area contributed by atoms with Crippen molar-refractivity contribution in [2.45, 2.75) is 32.3 Å². The number of nitrogens with one attached hydrogen (secondary N) is 1. The first-order valence-corrected chi connectivity index (χ1v) is 11.7. The minimum absolute atomic E-state index is 0.157. The van der Waals surface area contributed by atoms with E-state index in [1.165, 1.54) is 23.6 Å². The number of piperidine rings is 1. The van der Waals surface area contributed by atoms with Crippen molar-refractivity contribution in [1.82, 2.24) is 24.6 Å². The zero-order chi connectivity index (χ0) is 23.7. The van der Waals surface area contributed by atoms with Gasteiger partial charge in [-0.2, -0.15) is 5.10 Å². The molecule has 176 valence electrons. The van der Waals surface area contributed by atoms with E-state index in [-0.39, 0.29) is 6.61 Å². The summed E-state index contributed by atoms with van der Waals surface area (Å²) in [4.78, 5) is 11.8. The molecule has 1 aliphatic rings. The summed E-state index contributed by atoms with van der Waals surface area (Å²) in [5, 5.41) is 17.4. The Morgan fingerprint density at radius 1 is 1.15 bits per heavy atom. The van der Waals surface area contributed by atoms with Crippen LogP contribution in [0.3, 0.4) is 0 Å². The molecule has 0 unspecified atom stereocenters. The van der Waals surface area contributed by atoms with Crippen LogP contribution in [0.4, 0.5) is 15.9 Å². The minimum Gasteiger partial charge on any atom is -0.390 e. The second-order valence-corrected chi connectivity index (χ2v) is 9.13. The van der Waals surface area contributed by atoms with E-state index >= 15 is 0 Å². The van der Waals surface area contributed by atoms with Crippen molar-refractivity contribution in [2.75, 3.05) is 25.5 Å². The van der Waals surface area contributed by atoms with Gasteiger partial charge in [-0.3, -0.25) is 4.98 Å². The number of fused-ring (bicyclic) bond motifs is 1. The van der Waals surface area contributed by atoms with Crippen molar-refractivity contribution in [3.63, 3.8) is 0 Å². The predicted octanol–water partition coefficient (Wildman–Crippen LogP) is 4.64. The lowest BCUT2D eigenvalue weighted by atomic mass is 9.83. The molecule has 3 aromatic heterocycles. The summed E-state index contributed by atoms with van der Waals surface area (Å²) in [6.45, 7) is 4.38. The van der Waals surface area contributed by atoms with Crippen LogP contribution in [-0.4, -0.2) is 49.9 Å². The van der Waals surface area contributed by atoms with Gasteiger partial charge in [-0.25, -0.2) is 14.1 Å². The van der Waals surface area contributed by atoms with E-state index in [1.807, 2.05) is 6.07 Å². The molecule has 4 heterocycles. The molecule has 0 aliphatic carbocycles. The number of likely N-dealkylation sites (tertiary alicyclic amines) is 1. The Labute approximate surface area is 198 Å². The first-order chi connectivity index (χ1) is 16.5. The molecule has 1 aromatic carbocycles. The van der Waals surface area contributed by atoms with Crippen LogP contribution in [0, 0.1) is 11.7 Å². The normalized spacial score (nSPS) is 16.1. The van der Waals surface area contributed by atoms with E-state index < -0.39 is 5.82 Å². The molecule has 2 N–H and O–H groups in total. The Hall–Kier alpha value is -3.36. The molecular formula is C26H29FN6O. The van der Waals surface area contributed by atoms with Crippen LogP contribution >= 0.6 is 0 Å². The highest BCUT2D eigenvalue weighted by Crippen LogP contribution is 2.32. The molecule has 4 aromatic rings. The Bertz CT molecular complexity index is 1300. The number of rotatable bonds is 6. The maximum atomic E-state index is 14.8. The fraction of sp³-hybridized carbons (Fsp3) is 0.346. The summed E-state index contributed by atoms with van der Waals surface area (Å²) in [5.41, 5.74) is 3.36. The average molecular weight is 461 g/mol. The Kier molecular flexibility index (Phi) is 6.26. The molecule has 1 atom stereocenters. The lowest BCUT2D eigenvalue weighted by Crippen LogP contribution is -2.32. The molecule has 8 heteroatoms. The predicted molar refractivity (Wildman–Crippen MR) is 131 cm³/mol. The summed E-state index contributed by atoms with van der Waals surface area (Å²) >= 11 is 0. The van der Waals surface area contributed by atoms with Gasteiger partial charge >= 0.3 is 0 Å². The lowest BCUT2D eigenvalue weighted by molar-refractivity contribution is 0.201. The largest absolute Gasteiger partial charge is 0.390 e. The fourth-order valence-corrected chi connectivity index (χ4v) is 4.60. The van der Waals surface area contributed by atoms with Crippen LogP contribution in [0.25, 0.3) is 16.6 Å². The summed E-state index contributed by atoms with van der Waals surface area (Å²) in [5.74, 6) is 1.15. The van der Waals surface area contributed by atoms with Crippen molar-refractivity contribution >= 4 is 22.4 Å². The maximum Gasteiger partial charge on any atom is 0.148 e. The van der Waals surface area contributed by atoms with Crippen molar-refractivity contribution in [3.05, 3.63) is 72.1 Å². The highest BCUT2D eigenvalue weighted by molar-refractivity contribution is 5.81. The monoisotopic (exact) mass is 460 g/mol. The van der Waals surface area contributed by atoms with Gasteiger partial charge in [-0.1, -0.05) is 6.92 Å². The van der Waals surface area contributed by atoms with Gasteiger partial charge in [0.05, 0.1) is 29.2 Å². The Morgan fingerprint density at radius 3 is 2.71 bits per heavy atom. The Balaban J connectivity index is 1.35. The van der Waals surface area contributed by atoms with Gasteiger partial charge < -0.3 is 15.3 Å². The van der Waals surface area contributed by atoms with Crippen LogP contribution in [0.2, 0.25) is 0 Å². The molecule has 0 saturated carbocycles. The number of halogens is 1. The molecule has 7 nitrogen and oxygen atoms in total. The highest BCUT2D eigenvalue weighted by Gasteiger charge is 2.24. The van der Waals surface area contributed by atoms with E-state index in [1.54, 1.807) is 30.6 Å². The average Bonchev–Trinajstić information content (AvgIpc) is 3.34. The summed E-state index contributed by atoms with van der Waals surface area (Å²) < 4.78 is 16.4. The topological polar surface area (TPSA) is 79.1 Å². The van der Waals surface area contributed by atoms with E-state index in [2.05, 4.69) is 46.4 Å². The van der Waals surface area contributed by atoms with Crippen molar-refractivity contribution in [2.24, 2.45) is 5.92 Å². The molecule has 0 amide bonds. The third-order valence-corrected chi connectivity index (χ3v) is 6.82. The number of hydrogen-bond donors (Lipinski definition) is 2. The molecule has 0 bridgehead atoms. The van der Waals surface area contributed by atoms with Gasteiger partial charge in [0.25, 0.3) is 0 Å². The maximum absolute atomic E-state index is 14.8. The Morgan fingerprint density at radius 2 is 1.97 bits per heavy atom. The lowest BCUT2D eigenvalue weighted by Gasteiger charge is -2.32. The molecule has 1 aliphatic heterocycles. The van der Waals surface area contributed by atoms with Crippen LogP contribution in [0.1, 0.15) is 37.1 Å². The number of pyridine rings is 2. The smallest absolute Gasteiger partial charge is 0.148 e. The quantitative estimate of drug-likeness (QED) is 0.437. The minimum atomic E-state index is -0.418. The molecule has 1 saturated heterocycles. The van der Waals surface area contributed by atoms with Gasteiger partial charge in [0.1, 0.15) is 11.6 Å². The van der Waals surface area contributed by atoms with E-state index in [9.17, 15) is 9.50 Å². The number of benzene rings is 1. The van der Waals surface area contributed by atoms with Gasteiger partial charge in [-0.05, 0) is 69.2 Å². The van der Waals surface area contributed by atoms with E-state index in [0.29, 0.717) is 34.7 Å². The summed E-state index contributed by atoms with van der Waals surface area (Å²) in [6, 6.07) is 12.6. The van der Waals surface area contributed by atoms with Crippen molar-refractivity contribution in [1.29, 1.82) is 0 Å². The third-order valence-electron chi connectivity index (χ3n) is 6.82. The SMILES string of the molecule is C[C@@H](c1ccc2cnc(Nc3ccc(-n4ccc(CO)n4)cc3F)cc2n1)C1CCN(C)CC1. The van der Waals surface area contributed by atoms with Gasteiger partial charge in [0, 0.05) is 41.5 Å². The van der Waals surface area contributed by atoms with Crippen LogP contribution in [0.15, 0.2) is 54.9 Å². The first-order valence-electron chi connectivity index (χ1n) is 11.7. The number of anilines is 2. The summed E-state index contributed by atoms with van der Waals surface area (Å²) in [7, 11) is 2.18. The van der Waals surface area contributed by atoms with Gasteiger partial charge in [0.15, 0.2) is 0 Å². The van der Waals surface area contributed by atoms with Crippen molar-refractivity contribution in [3.8, 4) is 5.69 Å². The van der Waals surface area contributed by atoms with Gasteiger partial charge in [-0.15, -0.1) is 0 Å². The third kappa shape index (κ3) is 4.64. The molecular weight excluding hydrogens is 431 g/mol. The van der Waals surface area contributed by atoms with Crippen molar-refractivity contribution < 1.29 is 9.50 Å². The van der Waals surface area contributed by atoms with Gasteiger partial charge in [0.2, 0.25) is 0 Å².